The summed E-state index contributed by atoms with van der Waals surface area (Å²) in [5.74, 6) is -1.58. The van der Waals surface area contributed by atoms with Crippen molar-refractivity contribution in [2.24, 2.45) is 5.92 Å². The minimum atomic E-state index is -1.01. The van der Waals surface area contributed by atoms with Gasteiger partial charge < -0.3 is 57.4 Å². The van der Waals surface area contributed by atoms with Crippen LogP contribution < -0.4 is 10.6 Å². The maximum atomic E-state index is 13.2. The van der Waals surface area contributed by atoms with Crippen LogP contribution >= 0.6 is 0 Å². The summed E-state index contributed by atoms with van der Waals surface area (Å²) < 4.78 is 60.6. The average molecular weight is 828 g/mol. The number of nitrogens with one attached hydrogen (secondary N) is 2. The van der Waals surface area contributed by atoms with E-state index in [0.717, 1.165) is 17.9 Å². The first-order chi connectivity index (χ1) is 28.4. The lowest BCUT2D eigenvalue weighted by Crippen LogP contribution is -2.54. The van der Waals surface area contributed by atoms with E-state index in [-0.39, 0.29) is 24.0 Å². The summed E-state index contributed by atoms with van der Waals surface area (Å²) in [4.78, 5) is 50.9. The van der Waals surface area contributed by atoms with Gasteiger partial charge in [-0.15, -0.1) is 0 Å². The fourth-order valence-corrected chi connectivity index (χ4v) is 5.52. The highest BCUT2D eigenvalue weighted by Gasteiger charge is 2.45. The minimum Gasteiger partial charge on any atom is -0.382 e. The lowest BCUT2D eigenvalue weighted by atomic mass is 10.0. The van der Waals surface area contributed by atoms with Crippen molar-refractivity contribution in [3.63, 3.8) is 0 Å². The third-order valence-corrected chi connectivity index (χ3v) is 8.85. The third kappa shape index (κ3) is 20.2. The molecule has 18 heteroatoms. The van der Waals surface area contributed by atoms with E-state index < -0.39 is 29.7 Å². The zero-order chi connectivity index (χ0) is 41.5. The van der Waals surface area contributed by atoms with Crippen LogP contribution in [0.2, 0.25) is 0 Å². The Morgan fingerprint density at radius 2 is 1.02 bits per heavy atom. The second kappa shape index (κ2) is 31.7. The molecule has 0 spiro atoms. The van der Waals surface area contributed by atoms with Crippen LogP contribution in [0.15, 0.2) is 18.2 Å². The van der Waals surface area contributed by atoms with Gasteiger partial charge in [-0.05, 0) is 24.5 Å². The molecule has 18 nitrogen and oxygen atoms in total. The molecule has 2 aliphatic heterocycles. The van der Waals surface area contributed by atoms with Crippen molar-refractivity contribution in [1.82, 2.24) is 10.2 Å². The topological polar surface area (TPSA) is 197 Å². The van der Waals surface area contributed by atoms with Gasteiger partial charge in [-0.1, -0.05) is 26.3 Å². The fraction of sp³-hybridized carbons (Fsp3) is 0.750. The number of hydrogen-bond acceptors (Lipinski definition) is 16. The second-order valence-electron chi connectivity index (χ2n) is 13.3. The molecule has 2 atom stereocenters. The van der Waals surface area contributed by atoms with Crippen LogP contribution in [0.25, 0.3) is 0 Å². The van der Waals surface area contributed by atoms with Crippen molar-refractivity contribution in [2.75, 3.05) is 157 Å². The third-order valence-electron chi connectivity index (χ3n) is 8.85. The van der Waals surface area contributed by atoms with E-state index in [9.17, 15) is 19.2 Å². The van der Waals surface area contributed by atoms with Crippen molar-refractivity contribution in [3.05, 3.63) is 29.3 Å². The molecular formula is C40H65N3O15. The Labute approximate surface area is 342 Å². The molecule has 1 fully saturated rings. The maximum Gasteiger partial charge on any atom is 0.264 e. The smallest absolute Gasteiger partial charge is 0.264 e. The second-order valence-corrected chi connectivity index (χ2v) is 13.3. The van der Waals surface area contributed by atoms with Crippen molar-refractivity contribution in [2.45, 2.75) is 39.2 Å². The number of imide groups is 2. The molecule has 0 aliphatic carbocycles. The van der Waals surface area contributed by atoms with Crippen molar-refractivity contribution in [3.8, 4) is 0 Å². The van der Waals surface area contributed by atoms with E-state index in [1.807, 2.05) is 0 Å². The minimum absolute atomic E-state index is 0.0656. The number of amides is 4. The number of benzene rings is 1. The lowest BCUT2D eigenvalue weighted by molar-refractivity contribution is -0.136. The number of carbonyl (C=O) groups is 4. The molecule has 58 heavy (non-hydrogen) atoms. The van der Waals surface area contributed by atoms with Gasteiger partial charge in [0.15, 0.2) is 0 Å². The van der Waals surface area contributed by atoms with Gasteiger partial charge in [0.05, 0.1) is 150 Å². The van der Waals surface area contributed by atoms with Crippen LogP contribution in [0.1, 0.15) is 53.8 Å². The first-order valence-corrected chi connectivity index (χ1v) is 20.4. The Kier molecular flexibility index (Phi) is 26.9. The highest BCUT2D eigenvalue weighted by Crippen LogP contribution is 2.32. The summed E-state index contributed by atoms with van der Waals surface area (Å²) in [5, 5.41) is 5.33. The monoisotopic (exact) mass is 827 g/mol. The van der Waals surface area contributed by atoms with Crippen LogP contribution in [-0.4, -0.2) is 186 Å². The molecule has 0 saturated carbocycles. The summed E-state index contributed by atoms with van der Waals surface area (Å²) in [6.45, 7) is 15.5. The van der Waals surface area contributed by atoms with Gasteiger partial charge in [-0.2, -0.15) is 0 Å². The molecule has 0 aromatic heterocycles. The number of rotatable bonds is 38. The molecule has 2 heterocycles. The molecule has 2 N–H and O–H groups in total. The first-order valence-electron chi connectivity index (χ1n) is 20.4. The molecule has 2 aliphatic rings. The number of piperidine rings is 1. The average Bonchev–Trinajstić information content (AvgIpc) is 3.48. The number of anilines is 1. The van der Waals surface area contributed by atoms with Gasteiger partial charge in [-0.3, -0.25) is 29.4 Å². The van der Waals surface area contributed by atoms with E-state index in [1.165, 1.54) is 0 Å². The molecule has 0 bridgehead atoms. The molecule has 3 rings (SSSR count). The Balaban J connectivity index is 0.990. The Morgan fingerprint density at radius 3 is 1.43 bits per heavy atom. The zero-order valence-corrected chi connectivity index (χ0v) is 34.3. The van der Waals surface area contributed by atoms with E-state index in [1.54, 1.807) is 18.2 Å². The normalized spacial score (nSPS) is 16.0. The molecule has 1 aromatic rings. The Hall–Kier alpha value is -3.14. The number of hydrogen-bond donors (Lipinski definition) is 2. The van der Waals surface area contributed by atoms with Crippen molar-refractivity contribution in [1.29, 1.82) is 0 Å². The summed E-state index contributed by atoms with van der Waals surface area (Å²) in [7, 11) is 0. The van der Waals surface area contributed by atoms with Crippen LogP contribution in [-0.2, 0) is 61.7 Å². The van der Waals surface area contributed by atoms with Gasteiger partial charge >= 0.3 is 0 Å². The standard InChI is InChI=1S/C40H65N3O15/c1-3-32(2)31-58-30-29-57-28-27-56-26-25-55-24-23-54-22-21-53-20-19-52-18-17-51-16-15-50-14-13-49-12-11-48-10-9-41-34-6-4-5-33-37(34)40(47)43(39(33)46)35-7-8-36(44)42-38(35)45/h4-6,32,35,41H,3,7-31H2,1-2H3,(H,42,44,45). The van der Waals surface area contributed by atoms with Gasteiger partial charge in [-0.25, -0.2) is 0 Å². The largest absolute Gasteiger partial charge is 0.382 e. The SMILES string of the molecule is CCC(C)COCCOCCOCCOCCOCCOCCOCCOCCOCCOCCOCCNc1cccc2c1C(=O)N(C1CCC(=O)NC1=O)C2=O. The summed E-state index contributed by atoms with van der Waals surface area (Å²) in [6, 6.07) is 3.91. The van der Waals surface area contributed by atoms with E-state index >= 15 is 0 Å². The number of nitrogens with zero attached hydrogens (tertiary/aromatic N) is 1. The maximum absolute atomic E-state index is 13.2. The molecule has 330 valence electrons. The van der Waals surface area contributed by atoms with E-state index in [4.69, 9.17) is 52.1 Å². The van der Waals surface area contributed by atoms with Crippen LogP contribution in [0.3, 0.4) is 0 Å². The van der Waals surface area contributed by atoms with Gasteiger partial charge in [0.25, 0.3) is 11.8 Å². The molecular weight excluding hydrogens is 762 g/mol. The van der Waals surface area contributed by atoms with Crippen LogP contribution in [0.5, 0.6) is 0 Å². The van der Waals surface area contributed by atoms with Crippen LogP contribution in [0.4, 0.5) is 5.69 Å². The summed E-state index contributed by atoms with van der Waals surface area (Å²) in [6.07, 6.45) is 1.29. The molecule has 1 aromatic carbocycles. The predicted octanol–water partition coefficient (Wildman–Crippen LogP) is 1.73. The number of carbonyl (C=O) groups excluding carboxylic acids is 4. The molecule has 1 saturated heterocycles. The zero-order valence-electron chi connectivity index (χ0n) is 34.3. The highest BCUT2D eigenvalue weighted by molar-refractivity contribution is 6.25. The van der Waals surface area contributed by atoms with Crippen molar-refractivity contribution >= 4 is 29.3 Å². The highest BCUT2D eigenvalue weighted by atomic mass is 16.6. The number of fused-ring (bicyclic) bond motifs is 1. The van der Waals surface area contributed by atoms with Crippen LogP contribution in [0, 0.1) is 5.92 Å². The predicted molar refractivity (Wildman–Crippen MR) is 210 cm³/mol. The summed E-state index contributed by atoms with van der Waals surface area (Å²) in [5.41, 5.74) is 0.908. The van der Waals surface area contributed by atoms with Gasteiger partial charge in [0.1, 0.15) is 6.04 Å². The fourth-order valence-electron chi connectivity index (χ4n) is 5.52. The van der Waals surface area contributed by atoms with E-state index in [0.29, 0.717) is 157 Å². The summed E-state index contributed by atoms with van der Waals surface area (Å²) >= 11 is 0. The molecule has 4 amide bonds. The Morgan fingerprint density at radius 1 is 0.603 bits per heavy atom. The quantitative estimate of drug-likeness (QED) is 0.0722. The Bertz CT molecular complexity index is 1310. The van der Waals surface area contributed by atoms with E-state index in [2.05, 4.69) is 24.5 Å². The van der Waals surface area contributed by atoms with Gasteiger partial charge in [0, 0.05) is 25.3 Å². The van der Waals surface area contributed by atoms with Crippen molar-refractivity contribution < 1.29 is 71.3 Å². The van der Waals surface area contributed by atoms with Gasteiger partial charge in [0.2, 0.25) is 11.8 Å². The number of ether oxygens (including phenoxy) is 11. The molecule has 0 radical (unpaired) electrons. The lowest BCUT2D eigenvalue weighted by Gasteiger charge is -2.27. The first kappa shape index (κ1) is 49.2. The molecule has 2 unspecified atom stereocenters.